The first-order valence-electron chi connectivity index (χ1n) is 5.74. The number of benzene rings is 1. The van der Waals surface area contributed by atoms with E-state index in [4.69, 9.17) is 0 Å². The van der Waals surface area contributed by atoms with Gasteiger partial charge in [-0.2, -0.15) is 0 Å². The molecule has 0 aliphatic rings. The Labute approximate surface area is 99.7 Å². The Balaban J connectivity index is 2.08. The third-order valence-electron chi connectivity index (χ3n) is 2.79. The molecular formula is C13H16N2O2. The molecule has 0 aliphatic heterocycles. The first-order chi connectivity index (χ1) is 8.20. The number of rotatable bonds is 4. The molecule has 1 heterocycles. The van der Waals surface area contributed by atoms with E-state index in [-0.39, 0.29) is 12.5 Å². The summed E-state index contributed by atoms with van der Waals surface area (Å²) in [4.78, 5) is 14.9. The first kappa shape index (κ1) is 11.7. The summed E-state index contributed by atoms with van der Waals surface area (Å²) < 4.78 is 0. The van der Waals surface area contributed by atoms with Crippen LogP contribution in [0.5, 0.6) is 0 Å². The maximum Gasteiger partial charge on any atom is 0.251 e. The van der Waals surface area contributed by atoms with Crippen molar-refractivity contribution in [3.05, 3.63) is 36.0 Å². The fraction of sp³-hybridized carbons (Fsp3) is 0.308. The molecule has 3 N–H and O–H groups in total. The Morgan fingerprint density at radius 3 is 3.06 bits per heavy atom. The number of carbonyl (C=O) groups is 1. The van der Waals surface area contributed by atoms with Gasteiger partial charge in [0.1, 0.15) is 0 Å². The Hall–Kier alpha value is -1.81. The molecular weight excluding hydrogens is 216 g/mol. The number of fused-ring (bicyclic) bond motifs is 1. The topological polar surface area (TPSA) is 65.1 Å². The van der Waals surface area contributed by atoms with Crippen LogP contribution in [0.1, 0.15) is 23.7 Å². The molecule has 1 atom stereocenters. The summed E-state index contributed by atoms with van der Waals surface area (Å²) in [5.41, 5.74) is 1.54. The van der Waals surface area contributed by atoms with E-state index in [1.165, 1.54) is 0 Å². The molecule has 0 saturated heterocycles. The molecule has 1 amide bonds. The monoisotopic (exact) mass is 232 g/mol. The summed E-state index contributed by atoms with van der Waals surface area (Å²) in [7, 11) is 0. The van der Waals surface area contributed by atoms with Crippen molar-refractivity contribution >= 4 is 16.8 Å². The molecule has 0 spiro atoms. The fourth-order valence-electron chi connectivity index (χ4n) is 1.65. The number of carbonyl (C=O) groups excluding carboxylic acids is 1. The lowest BCUT2D eigenvalue weighted by Crippen LogP contribution is -2.31. The number of aliphatic hydroxyl groups excluding tert-OH is 1. The average Bonchev–Trinajstić information content (AvgIpc) is 2.82. The normalized spacial score (nSPS) is 12.6. The molecule has 0 fully saturated rings. The highest BCUT2D eigenvalue weighted by atomic mass is 16.3. The van der Waals surface area contributed by atoms with Gasteiger partial charge in [0.15, 0.2) is 0 Å². The van der Waals surface area contributed by atoms with Gasteiger partial charge in [0.2, 0.25) is 0 Å². The van der Waals surface area contributed by atoms with Crippen LogP contribution in [0.3, 0.4) is 0 Å². The lowest BCUT2D eigenvalue weighted by atomic mass is 10.1. The Bertz CT molecular complexity index is 519. The van der Waals surface area contributed by atoms with Gasteiger partial charge in [-0.3, -0.25) is 4.79 Å². The minimum atomic E-state index is -0.479. The van der Waals surface area contributed by atoms with Crippen LogP contribution in [0, 0.1) is 0 Å². The molecule has 4 nitrogen and oxygen atoms in total. The van der Waals surface area contributed by atoms with E-state index >= 15 is 0 Å². The zero-order valence-electron chi connectivity index (χ0n) is 9.73. The molecule has 0 aliphatic carbocycles. The number of amides is 1. The quantitative estimate of drug-likeness (QED) is 0.750. The first-order valence-corrected chi connectivity index (χ1v) is 5.74. The van der Waals surface area contributed by atoms with Crippen molar-refractivity contribution in [2.24, 2.45) is 0 Å². The number of hydrogen-bond acceptors (Lipinski definition) is 2. The molecule has 1 aromatic heterocycles. The van der Waals surface area contributed by atoms with Crippen LogP contribution < -0.4 is 5.32 Å². The van der Waals surface area contributed by atoms with E-state index in [0.717, 1.165) is 10.9 Å². The number of aromatic nitrogens is 1. The van der Waals surface area contributed by atoms with Crippen LogP contribution in [0.4, 0.5) is 0 Å². The minimum absolute atomic E-state index is 0.158. The lowest BCUT2D eigenvalue weighted by molar-refractivity contribution is 0.0914. The second-order valence-electron chi connectivity index (χ2n) is 4.05. The van der Waals surface area contributed by atoms with Crippen molar-refractivity contribution in [2.45, 2.75) is 19.4 Å². The van der Waals surface area contributed by atoms with Crippen LogP contribution in [0.15, 0.2) is 30.5 Å². The lowest BCUT2D eigenvalue weighted by Gasteiger charge is -2.09. The number of nitrogens with one attached hydrogen (secondary N) is 2. The summed E-state index contributed by atoms with van der Waals surface area (Å²) in [6.07, 6.45) is 2.00. The van der Waals surface area contributed by atoms with Crippen LogP contribution in [0.2, 0.25) is 0 Å². The fourth-order valence-corrected chi connectivity index (χ4v) is 1.65. The van der Waals surface area contributed by atoms with Crippen LogP contribution in [0.25, 0.3) is 10.9 Å². The van der Waals surface area contributed by atoms with Gasteiger partial charge in [-0.25, -0.2) is 0 Å². The highest BCUT2D eigenvalue weighted by Crippen LogP contribution is 2.13. The standard InChI is InChI=1S/C13H16N2O2/c1-2-11(16)8-15-13(17)10-4-3-9-5-6-14-12(9)7-10/h3-7,11,14,16H,2,8H2,1H3,(H,15,17). The summed E-state index contributed by atoms with van der Waals surface area (Å²) >= 11 is 0. The van der Waals surface area contributed by atoms with E-state index in [2.05, 4.69) is 10.3 Å². The second kappa shape index (κ2) is 5.01. The Morgan fingerprint density at radius 1 is 1.47 bits per heavy atom. The van der Waals surface area contributed by atoms with Crippen molar-refractivity contribution in [1.82, 2.24) is 10.3 Å². The molecule has 0 radical (unpaired) electrons. The molecule has 4 heteroatoms. The number of aliphatic hydroxyl groups is 1. The third kappa shape index (κ3) is 2.65. The maximum atomic E-state index is 11.8. The molecule has 17 heavy (non-hydrogen) atoms. The average molecular weight is 232 g/mol. The maximum absolute atomic E-state index is 11.8. The summed E-state index contributed by atoms with van der Waals surface area (Å²) in [5, 5.41) is 13.2. The van der Waals surface area contributed by atoms with Gasteiger partial charge in [-0.1, -0.05) is 13.0 Å². The SMILES string of the molecule is CCC(O)CNC(=O)c1ccc2cc[nH]c2c1. The number of hydrogen-bond donors (Lipinski definition) is 3. The third-order valence-corrected chi connectivity index (χ3v) is 2.79. The van der Waals surface area contributed by atoms with E-state index in [0.29, 0.717) is 12.0 Å². The van der Waals surface area contributed by atoms with Gasteiger partial charge in [-0.15, -0.1) is 0 Å². The van der Waals surface area contributed by atoms with Crippen LogP contribution >= 0.6 is 0 Å². The predicted molar refractivity (Wildman–Crippen MR) is 66.9 cm³/mol. The van der Waals surface area contributed by atoms with Crippen molar-refractivity contribution in [3.8, 4) is 0 Å². The van der Waals surface area contributed by atoms with E-state index < -0.39 is 6.10 Å². The van der Waals surface area contributed by atoms with Crippen molar-refractivity contribution in [3.63, 3.8) is 0 Å². The summed E-state index contributed by atoms with van der Waals surface area (Å²) in [6.45, 7) is 2.17. The van der Waals surface area contributed by atoms with Crippen LogP contribution in [-0.2, 0) is 0 Å². The van der Waals surface area contributed by atoms with Gasteiger partial charge in [0, 0.05) is 23.8 Å². The molecule has 0 bridgehead atoms. The largest absolute Gasteiger partial charge is 0.391 e. The number of aromatic amines is 1. The summed E-state index contributed by atoms with van der Waals surface area (Å²) in [6, 6.07) is 7.45. The molecule has 1 aromatic carbocycles. The van der Waals surface area contributed by atoms with Crippen molar-refractivity contribution in [1.29, 1.82) is 0 Å². The van der Waals surface area contributed by atoms with Gasteiger partial charge in [0.05, 0.1) is 6.10 Å². The van der Waals surface area contributed by atoms with Crippen molar-refractivity contribution in [2.75, 3.05) is 6.54 Å². The van der Waals surface area contributed by atoms with E-state index in [1.807, 2.05) is 31.3 Å². The Kier molecular flexibility index (Phi) is 3.44. The molecule has 2 aromatic rings. The second-order valence-corrected chi connectivity index (χ2v) is 4.05. The molecule has 0 saturated carbocycles. The molecule has 2 rings (SSSR count). The van der Waals surface area contributed by atoms with Crippen molar-refractivity contribution < 1.29 is 9.90 Å². The van der Waals surface area contributed by atoms with Crippen LogP contribution in [-0.4, -0.2) is 28.6 Å². The minimum Gasteiger partial charge on any atom is -0.391 e. The number of H-pyrrole nitrogens is 1. The van der Waals surface area contributed by atoms with E-state index in [9.17, 15) is 9.90 Å². The molecule has 90 valence electrons. The highest BCUT2D eigenvalue weighted by Gasteiger charge is 2.08. The highest BCUT2D eigenvalue weighted by molar-refractivity contribution is 5.97. The van der Waals surface area contributed by atoms with Gasteiger partial charge < -0.3 is 15.4 Å². The smallest absolute Gasteiger partial charge is 0.251 e. The van der Waals surface area contributed by atoms with Gasteiger partial charge in [-0.05, 0) is 30.0 Å². The van der Waals surface area contributed by atoms with Gasteiger partial charge in [0.25, 0.3) is 5.91 Å². The molecule has 1 unspecified atom stereocenters. The Morgan fingerprint density at radius 2 is 2.29 bits per heavy atom. The zero-order valence-corrected chi connectivity index (χ0v) is 9.73. The predicted octanol–water partition coefficient (Wildman–Crippen LogP) is 1.67. The van der Waals surface area contributed by atoms with Gasteiger partial charge >= 0.3 is 0 Å². The summed E-state index contributed by atoms with van der Waals surface area (Å²) in [5.74, 6) is -0.158. The zero-order chi connectivity index (χ0) is 12.3. The van der Waals surface area contributed by atoms with E-state index in [1.54, 1.807) is 6.07 Å².